The van der Waals surface area contributed by atoms with Crippen LogP contribution < -0.4 is 0 Å². The molecule has 2 aromatic rings. The van der Waals surface area contributed by atoms with Crippen molar-refractivity contribution in [3.8, 4) is 0 Å². The molecule has 140 valence electrons. The SMILES string of the molecule is COCCN(Cc1ccco1)C(=O)C1CCCN(C(=O)c2cccs2)C1. The summed E-state index contributed by atoms with van der Waals surface area (Å²) in [6.07, 6.45) is 3.25. The van der Waals surface area contributed by atoms with Crippen molar-refractivity contribution in [2.75, 3.05) is 33.4 Å². The number of amides is 2. The van der Waals surface area contributed by atoms with E-state index in [-0.39, 0.29) is 17.7 Å². The lowest BCUT2D eigenvalue weighted by Gasteiger charge is -2.34. The molecule has 0 spiro atoms. The van der Waals surface area contributed by atoms with Crippen molar-refractivity contribution in [1.82, 2.24) is 9.80 Å². The van der Waals surface area contributed by atoms with Crippen LogP contribution >= 0.6 is 11.3 Å². The lowest BCUT2D eigenvalue weighted by Crippen LogP contribution is -2.47. The van der Waals surface area contributed by atoms with Gasteiger partial charge in [-0.1, -0.05) is 6.07 Å². The maximum atomic E-state index is 13.1. The van der Waals surface area contributed by atoms with Crippen LogP contribution in [0.25, 0.3) is 0 Å². The van der Waals surface area contributed by atoms with Gasteiger partial charge in [-0.3, -0.25) is 9.59 Å². The molecule has 1 aliphatic rings. The molecule has 3 heterocycles. The summed E-state index contributed by atoms with van der Waals surface area (Å²) in [5, 5.41) is 1.90. The van der Waals surface area contributed by atoms with Gasteiger partial charge < -0.3 is 19.0 Å². The zero-order chi connectivity index (χ0) is 18.4. The van der Waals surface area contributed by atoms with Gasteiger partial charge in [0.05, 0.1) is 30.2 Å². The maximum absolute atomic E-state index is 13.1. The monoisotopic (exact) mass is 376 g/mol. The average Bonchev–Trinajstić information content (AvgIpc) is 3.38. The second-order valence-corrected chi connectivity index (χ2v) is 7.35. The molecule has 1 atom stereocenters. The highest BCUT2D eigenvalue weighted by Crippen LogP contribution is 2.23. The van der Waals surface area contributed by atoms with E-state index in [9.17, 15) is 9.59 Å². The van der Waals surface area contributed by atoms with Crippen LogP contribution in [0.4, 0.5) is 0 Å². The Balaban J connectivity index is 1.66. The van der Waals surface area contributed by atoms with Gasteiger partial charge in [-0.05, 0) is 36.4 Å². The predicted molar refractivity (Wildman–Crippen MR) is 98.9 cm³/mol. The molecule has 0 radical (unpaired) electrons. The quantitative estimate of drug-likeness (QED) is 0.745. The number of hydrogen-bond acceptors (Lipinski definition) is 5. The summed E-state index contributed by atoms with van der Waals surface area (Å²) in [7, 11) is 1.62. The van der Waals surface area contributed by atoms with Gasteiger partial charge in [0, 0.05) is 26.7 Å². The minimum Gasteiger partial charge on any atom is -0.467 e. The van der Waals surface area contributed by atoms with Gasteiger partial charge in [0.1, 0.15) is 5.76 Å². The number of carbonyl (C=O) groups excluding carboxylic acids is 2. The number of piperidine rings is 1. The summed E-state index contributed by atoms with van der Waals surface area (Å²) < 4.78 is 10.5. The van der Waals surface area contributed by atoms with Crippen LogP contribution in [0.2, 0.25) is 0 Å². The molecule has 1 saturated heterocycles. The molecule has 1 aliphatic heterocycles. The number of likely N-dealkylation sites (tertiary alicyclic amines) is 1. The normalized spacial score (nSPS) is 17.3. The van der Waals surface area contributed by atoms with E-state index in [0.717, 1.165) is 23.5 Å². The smallest absolute Gasteiger partial charge is 0.263 e. The maximum Gasteiger partial charge on any atom is 0.263 e. The molecule has 2 aromatic heterocycles. The highest BCUT2D eigenvalue weighted by atomic mass is 32.1. The van der Waals surface area contributed by atoms with Gasteiger partial charge in [-0.15, -0.1) is 11.3 Å². The highest BCUT2D eigenvalue weighted by molar-refractivity contribution is 7.12. The zero-order valence-corrected chi connectivity index (χ0v) is 15.7. The largest absolute Gasteiger partial charge is 0.467 e. The van der Waals surface area contributed by atoms with Crippen LogP contribution in [0.1, 0.15) is 28.3 Å². The van der Waals surface area contributed by atoms with Gasteiger partial charge >= 0.3 is 0 Å². The molecule has 1 unspecified atom stereocenters. The molecule has 0 bridgehead atoms. The fourth-order valence-electron chi connectivity index (χ4n) is 3.24. The Morgan fingerprint density at radius 2 is 2.27 bits per heavy atom. The molecule has 0 saturated carbocycles. The molecule has 7 heteroatoms. The van der Waals surface area contributed by atoms with Crippen LogP contribution in [0.3, 0.4) is 0 Å². The number of hydrogen-bond donors (Lipinski definition) is 0. The van der Waals surface area contributed by atoms with E-state index in [0.29, 0.717) is 32.8 Å². The molecule has 26 heavy (non-hydrogen) atoms. The number of thiophene rings is 1. The second-order valence-electron chi connectivity index (χ2n) is 6.40. The molecule has 0 N–H and O–H groups in total. The Morgan fingerprint density at radius 1 is 1.38 bits per heavy atom. The predicted octanol–water partition coefficient (Wildman–Crippen LogP) is 2.87. The van der Waals surface area contributed by atoms with Gasteiger partial charge in [-0.2, -0.15) is 0 Å². The Labute approximate surface area is 157 Å². The first kappa shape index (κ1) is 18.7. The van der Waals surface area contributed by atoms with Crippen LogP contribution in [-0.2, 0) is 16.1 Å². The highest BCUT2D eigenvalue weighted by Gasteiger charge is 2.32. The van der Waals surface area contributed by atoms with E-state index in [2.05, 4.69) is 0 Å². The van der Waals surface area contributed by atoms with Crippen LogP contribution in [0.5, 0.6) is 0 Å². The van der Waals surface area contributed by atoms with E-state index < -0.39 is 0 Å². The Kier molecular flexibility index (Phi) is 6.46. The van der Waals surface area contributed by atoms with Crippen molar-refractivity contribution in [3.63, 3.8) is 0 Å². The summed E-state index contributed by atoms with van der Waals surface area (Å²) in [4.78, 5) is 30.0. The van der Waals surface area contributed by atoms with Gasteiger partial charge in [0.25, 0.3) is 5.91 Å². The van der Waals surface area contributed by atoms with E-state index in [1.807, 2.05) is 29.6 Å². The van der Waals surface area contributed by atoms with Crippen molar-refractivity contribution in [2.24, 2.45) is 5.92 Å². The lowest BCUT2D eigenvalue weighted by atomic mass is 9.96. The number of nitrogens with zero attached hydrogens (tertiary/aromatic N) is 2. The van der Waals surface area contributed by atoms with E-state index in [1.54, 1.807) is 23.2 Å². The molecule has 1 fully saturated rings. The van der Waals surface area contributed by atoms with E-state index in [1.165, 1.54) is 11.3 Å². The summed E-state index contributed by atoms with van der Waals surface area (Å²) in [6.45, 7) is 2.57. The summed E-state index contributed by atoms with van der Waals surface area (Å²) in [5.74, 6) is 0.644. The topological polar surface area (TPSA) is 63.0 Å². The first-order valence-corrected chi connectivity index (χ1v) is 9.70. The molecule has 0 aliphatic carbocycles. The number of furan rings is 1. The molecule has 0 aromatic carbocycles. The van der Waals surface area contributed by atoms with Gasteiger partial charge in [0.15, 0.2) is 0 Å². The summed E-state index contributed by atoms with van der Waals surface area (Å²) >= 11 is 1.44. The summed E-state index contributed by atoms with van der Waals surface area (Å²) in [5.41, 5.74) is 0. The third-order valence-corrected chi connectivity index (χ3v) is 5.45. The second kappa shape index (κ2) is 9.00. The number of rotatable bonds is 7. The summed E-state index contributed by atoms with van der Waals surface area (Å²) in [6, 6.07) is 7.39. The number of methoxy groups -OCH3 is 1. The Hall–Kier alpha value is -2.12. The molecule has 2 amide bonds. The minimum atomic E-state index is -0.181. The van der Waals surface area contributed by atoms with Gasteiger partial charge in [0.2, 0.25) is 5.91 Å². The van der Waals surface area contributed by atoms with Crippen LogP contribution in [0, 0.1) is 5.92 Å². The Bertz CT molecular complexity index is 699. The van der Waals surface area contributed by atoms with Crippen LogP contribution in [0.15, 0.2) is 40.3 Å². The number of carbonyl (C=O) groups is 2. The molecular formula is C19H24N2O4S. The molecule has 6 nitrogen and oxygen atoms in total. The fourth-order valence-corrected chi connectivity index (χ4v) is 3.93. The van der Waals surface area contributed by atoms with Crippen molar-refractivity contribution >= 4 is 23.2 Å². The Morgan fingerprint density at radius 3 is 2.96 bits per heavy atom. The van der Waals surface area contributed by atoms with E-state index >= 15 is 0 Å². The van der Waals surface area contributed by atoms with Crippen molar-refractivity contribution < 1.29 is 18.7 Å². The zero-order valence-electron chi connectivity index (χ0n) is 14.9. The van der Waals surface area contributed by atoms with Crippen LogP contribution in [-0.4, -0.2) is 55.0 Å². The standard InChI is InChI=1S/C19H24N2O4S/c1-24-11-9-21(14-16-6-3-10-25-16)18(22)15-5-2-8-20(13-15)19(23)17-7-4-12-26-17/h3-4,6-7,10,12,15H,2,5,8-9,11,13-14H2,1H3. The third-order valence-electron chi connectivity index (χ3n) is 4.59. The van der Waals surface area contributed by atoms with Crippen molar-refractivity contribution in [3.05, 3.63) is 46.5 Å². The van der Waals surface area contributed by atoms with E-state index in [4.69, 9.17) is 9.15 Å². The minimum absolute atomic E-state index is 0.0203. The third kappa shape index (κ3) is 4.53. The van der Waals surface area contributed by atoms with Crippen molar-refractivity contribution in [2.45, 2.75) is 19.4 Å². The molecular weight excluding hydrogens is 352 g/mol. The number of ether oxygens (including phenoxy) is 1. The van der Waals surface area contributed by atoms with Gasteiger partial charge in [-0.25, -0.2) is 0 Å². The first-order valence-electron chi connectivity index (χ1n) is 8.82. The van der Waals surface area contributed by atoms with Crippen molar-refractivity contribution in [1.29, 1.82) is 0 Å². The lowest BCUT2D eigenvalue weighted by molar-refractivity contribution is -0.138. The fraction of sp³-hybridized carbons (Fsp3) is 0.474. The first-order chi connectivity index (χ1) is 12.7. The molecule has 3 rings (SSSR count). The average molecular weight is 376 g/mol.